The van der Waals surface area contributed by atoms with Crippen LogP contribution in [0.5, 0.6) is 0 Å². The lowest BCUT2D eigenvalue weighted by Crippen LogP contribution is -2.43. The van der Waals surface area contributed by atoms with Crippen molar-refractivity contribution in [2.45, 2.75) is 12.6 Å². The molecule has 14 heavy (non-hydrogen) atoms. The Balaban J connectivity index is 1.86. The largest absolute Gasteiger partial charge is 0.394 e. The maximum absolute atomic E-state index is 8.93. The number of rotatable bonds is 3. The van der Waals surface area contributed by atoms with Crippen molar-refractivity contribution in [2.75, 3.05) is 26.3 Å². The van der Waals surface area contributed by atoms with Gasteiger partial charge in [-0.1, -0.05) is 5.21 Å². The maximum Gasteiger partial charge on any atom is 0.188 e. The quantitative estimate of drug-likeness (QED) is 0.609. The normalized spacial score (nSPS) is 23.9. The summed E-state index contributed by atoms with van der Waals surface area (Å²) in [5.74, 6) is 0.670. The molecule has 0 spiro atoms. The molecule has 0 aliphatic carbocycles. The lowest BCUT2D eigenvalue weighted by molar-refractivity contribution is -0.0556. The molecule has 0 amide bonds. The summed E-state index contributed by atoms with van der Waals surface area (Å²) in [4.78, 5) is 2.13. The summed E-state index contributed by atoms with van der Waals surface area (Å²) < 4.78 is 5.32. The van der Waals surface area contributed by atoms with Crippen molar-refractivity contribution < 1.29 is 9.84 Å². The number of hydrogen-bond donors (Lipinski definition) is 2. The molecule has 0 bridgehead atoms. The van der Waals surface area contributed by atoms with Crippen LogP contribution < -0.4 is 0 Å². The Kier molecular flexibility index (Phi) is 3.02. The van der Waals surface area contributed by atoms with E-state index in [0.717, 1.165) is 6.54 Å². The summed E-state index contributed by atoms with van der Waals surface area (Å²) in [5.41, 5.74) is 0. The van der Waals surface area contributed by atoms with Gasteiger partial charge in [0.2, 0.25) is 0 Å². The molecule has 7 heteroatoms. The van der Waals surface area contributed by atoms with Crippen LogP contribution in [-0.2, 0) is 11.3 Å². The number of H-pyrrole nitrogens is 1. The van der Waals surface area contributed by atoms with Crippen LogP contribution in [0, 0.1) is 0 Å². The predicted molar refractivity (Wildman–Crippen MR) is 46.3 cm³/mol. The van der Waals surface area contributed by atoms with Crippen LogP contribution in [0.1, 0.15) is 5.82 Å². The zero-order valence-corrected chi connectivity index (χ0v) is 7.76. The number of aliphatic hydroxyl groups excluding tert-OH is 1. The third-order valence-electron chi connectivity index (χ3n) is 2.18. The Morgan fingerprint density at radius 2 is 2.57 bits per heavy atom. The predicted octanol–water partition coefficient (Wildman–Crippen LogP) is -1.61. The summed E-state index contributed by atoms with van der Waals surface area (Å²) in [7, 11) is 0. The molecule has 1 aliphatic rings. The van der Waals surface area contributed by atoms with Crippen LogP contribution in [0.25, 0.3) is 0 Å². The van der Waals surface area contributed by atoms with Crippen LogP contribution in [0.2, 0.25) is 0 Å². The van der Waals surface area contributed by atoms with E-state index in [1.165, 1.54) is 0 Å². The minimum atomic E-state index is -0.0874. The molecule has 0 saturated carbocycles. The average Bonchev–Trinajstić information content (AvgIpc) is 2.71. The molecule has 1 atom stereocenters. The van der Waals surface area contributed by atoms with Crippen molar-refractivity contribution in [1.29, 1.82) is 0 Å². The van der Waals surface area contributed by atoms with E-state index < -0.39 is 0 Å². The Hall–Kier alpha value is -1.05. The first-order valence-electron chi connectivity index (χ1n) is 4.55. The van der Waals surface area contributed by atoms with E-state index in [9.17, 15) is 0 Å². The van der Waals surface area contributed by atoms with Gasteiger partial charge in [-0.3, -0.25) is 4.90 Å². The van der Waals surface area contributed by atoms with E-state index in [0.29, 0.717) is 25.5 Å². The van der Waals surface area contributed by atoms with Gasteiger partial charge in [0, 0.05) is 13.1 Å². The van der Waals surface area contributed by atoms with Crippen LogP contribution in [0.3, 0.4) is 0 Å². The highest BCUT2D eigenvalue weighted by atomic mass is 16.5. The molecule has 1 aromatic heterocycles. The third kappa shape index (κ3) is 2.25. The van der Waals surface area contributed by atoms with Crippen molar-refractivity contribution in [1.82, 2.24) is 25.5 Å². The molecular weight excluding hydrogens is 186 g/mol. The lowest BCUT2D eigenvalue weighted by atomic mass is 10.3. The van der Waals surface area contributed by atoms with Gasteiger partial charge in [-0.25, -0.2) is 0 Å². The number of aliphatic hydroxyl groups is 1. The first kappa shape index (κ1) is 9.50. The van der Waals surface area contributed by atoms with Gasteiger partial charge in [0.1, 0.15) is 0 Å². The summed E-state index contributed by atoms with van der Waals surface area (Å²) in [5, 5.41) is 22.6. The van der Waals surface area contributed by atoms with Crippen molar-refractivity contribution in [3.05, 3.63) is 5.82 Å². The molecule has 1 fully saturated rings. The van der Waals surface area contributed by atoms with Crippen molar-refractivity contribution in [3.63, 3.8) is 0 Å². The van der Waals surface area contributed by atoms with Gasteiger partial charge in [0.15, 0.2) is 5.82 Å². The topological polar surface area (TPSA) is 87.2 Å². The number of aromatic nitrogens is 4. The molecule has 78 valence electrons. The standard InChI is InChI=1S/C7H13N5O2/c13-5-6-3-12(1-2-14-6)4-7-8-10-11-9-7/h6,13H,1-5H2,(H,8,9,10,11). The number of nitrogens with zero attached hydrogens (tertiary/aromatic N) is 4. The second kappa shape index (κ2) is 4.45. The van der Waals surface area contributed by atoms with Crippen LogP contribution in [0.4, 0.5) is 0 Å². The first-order chi connectivity index (χ1) is 6.88. The number of hydrogen-bond acceptors (Lipinski definition) is 6. The van der Waals surface area contributed by atoms with Crippen molar-refractivity contribution in [2.24, 2.45) is 0 Å². The molecule has 1 unspecified atom stereocenters. The Morgan fingerprint density at radius 3 is 3.29 bits per heavy atom. The van der Waals surface area contributed by atoms with E-state index in [1.807, 2.05) is 0 Å². The SMILES string of the molecule is OCC1CN(Cc2nn[nH]n2)CCO1. The highest BCUT2D eigenvalue weighted by Crippen LogP contribution is 2.06. The molecule has 1 aliphatic heterocycles. The molecule has 1 saturated heterocycles. The monoisotopic (exact) mass is 199 g/mol. The fourth-order valence-electron chi connectivity index (χ4n) is 1.48. The number of aromatic amines is 1. The second-order valence-electron chi connectivity index (χ2n) is 3.24. The second-order valence-corrected chi connectivity index (χ2v) is 3.24. The Bertz CT molecular complexity index is 265. The summed E-state index contributed by atoms with van der Waals surface area (Å²) in [6, 6.07) is 0. The molecule has 2 heterocycles. The van der Waals surface area contributed by atoms with E-state index in [1.54, 1.807) is 0 Å². The van der Waals surface area contributed by atoms with Crippen LogP contribution in [-0.4, -0.2) is 63.0 Å². The summed E-state index contributed by atoms with van der Waals surface area (Å²) >= 11 is 0. The summed E-state index contributed by atoms with van der Waals surface area (Å²) in [6.07, 6.45) is -0.0874. The minimum Gasteiger partial charge on any atom is -0.394 e. The van der Waals surface area contributed by atoms with E-state index >= 15 is 0 Å². The molecular formula is C7H13N5O2. The summed E-state index contributed by atoms with van der Waals surface area (Å²) in [6.45, 7) is 2.90. The van der Waals surface area contributed by atoms with E-state index in [-0.39, 0.29) is 12.7 Å². The Labute approximate surface area is 81.1 Å². The Morgan fingerprint density at radius 1 is 1.64 bits per heavy atom. The molecule has 7 nitrogen and oxygen atoms in total. The maximum atomic E-state index is 8.93. The van der Waals surface area contributed by atoms with Gasteiger partial charge < -0.3 is 9.84 Å². The van der Waals surface area contributed by atoms with Gasteiger partial charge in [-0.05, 0) is 0 Å². The van der Waals surface area contributed by atoms with Gasteiger partial charge in [0.25, 0.3) is 0 Å². The highest BCUT2D eigenvalue weighted by molar-refractivity contribution is 4.79. The zero-order valence-electron chi connectivity index (χ0n) is 7.76. The number of ether oxygens (including phenoxy) is 1. The van der Waals surface area contributed by atoms with Crippen LogP contribution in [0.15, 0.2) is 0 Å². The van der Waals surface area contributed by atoms with E-state index in [2.05, 4.69) is 25.5 Å². The molecule has 0 radical (unpaired) electrons. The third-order valence-corrected chi connectivity index (χ3v) is 2.18. The number of morpholine rings is 1. The van der Waals surface area contributed by atoms with Crippen LogP contribution >= 0.6 is 0 Å². The smallest absolute Gasteiger partial charge is 0.188 e. The number of tetrazole rings is 1. The average molecular weight is 199 g/mol. The van der Waals surface area contributed by atoms with Gasteiger partial charge in [-0.2, -0.15) is 5.21 Å². The molecule has 2 rings (SSSR count). The number of nitrogens with one attached hydrogen (secondary N) is 1. The highest BCUT2D eigenvalue weighted by Gasteiger charge is 2.20. The van der Waals surface area contributed by atoms with Gasteiger partial charge >= 0.3 is 0 Å². The first-order valence-corrected chi connectivity index (χ1v) is 4.55. The fourth-order valence-corrected chi connectivity index (χ4v) is 1.48. The fraction of sp³-hybridized carbons (Fsp3) is 0.857. The lowest BCUT2D eigenvalue weighted by Gasteiger charge is -2.30. The van der Waals surface area contributed by atoms with Gasteiger partial charge in [0.05, 0.1) is 25.9 Å². The van der Waals surface area contributed by atoms with Gasteiger partial charge in [-0.15, -0.1) is 10.2 Å². The zero-order chi connectivity index (χ0) is 9.80. The molecule has 1 aromatic rings. The van der Waals surface area contributed by atoms with E-state index in [4.69, 9.17) is 9.84 Å². The molecule has 2 N–H and O–H groups in total. The van der Waals surface area contributed by atoms with Crippen molar-refractivity contribution >= 4 is 0 Å². The minimum absolute atomic E-state index is 0.0583. The molecule has 0 aromatic carbocycles. The van der Waals surface area contributed by atoms with Crippen molar-refractivity contribution in [3.8, 4) is 0 Å².